The molecular formula is C9H9Cl5O. The first-order chi connectivity index (χ1) is 6.47. The molecule has 0 spiro atoms. The van der Waals surface area contributed by atoms with Gasteiger partial charge in [0, 0.05) is 10.4 Å². The highest BCUT2D eigenvalue weighted by atomic mass is 35.5. The third kappa shape index (κ3) is 1.71. The lowest BCUT2D eigenvalue weighted by atomic mass is 9.77. The van der Waals surface area contributed by atoms with Crippen molar-refractivity contribution in [2.45, 2.75) is 29.4 Å². The molecule has 0 amide bonds. The summed E-state index contributed by atoms with van der Waals surface area (Å²) < 4.78 is -3.48. The van der Waals surface area contributed by atoms with Crippen LogP contribution in [0.5, 0.6) is 0 Å². The van der Waals surface area contributed by atoms with Gasteiger partial charge in [-0.15, -0.1) is 0 Å². The molecule has 0 bridgehead atoms. The first-order valence-corrected chi connectivity index (χ1v) is 6.04. The zero-order valence-corrected chi connectivity index (χ0v) is 12.1. The summed E-state index contributed by atoms with van der Waals surface area (Å²) in [5.41, 5.74) is -0.536. The van der Waals surface area contributed by atoms with E-state index < -0.39 is 19.9 Å². The lowest BCUT2D eigenvalue weighted by Gasteiger charge is -2.44. The monoisotopic (exact) mass is 308 g/mol. The van der Waals surface area contributed by atoms with Crippen LogP contribution in [-0.2, 0) is 4.79 Å². The zero-order chi connectivity index (χ0) is 12.2. The predicted molar refractivity (Wildman–Crippen MR) is 66.2 cm³/mol. The third-order valence-corrected chi connectivity index (χ3v) is 5.66. The fourth-order valence-corrected chi connectivity index (χ4v) is 3.01. The van der Waals surface area contributed by atoms with Crippen LogP contribution < -0.4 is 0 Å². The van der Waals surface area contributed by atoms with E-state index in [1.165, 1.54) is 0 Å². The quantitative estimate of drug-likeness (QED) is 0.604. The molecular weight excluding hydrogens is 301 g/mol. The van der Waals surface area contributed by atoms with E-state index in [4.69, 9.17) is 58.0 Å². The number of ketones is 1. The molecule has 0 fully saturated rings. The van der Waals surface area contributed by atoms with Gasteiger partial charge in [0.05, 0.1) is 0 Å². The molecule has 0 saturated heterocycles. The van der Waals surface area contributed by atoms with E-state index >= 15 is 0 Å². The number of rotatable bonds is 0. The molecule has 0 aliphatic heterocycles. The summed E-state index contributed by atoms with van der Waals surface area (Å²) in [7, 11) is 0. The Kier molecular flexibility index (Phi) is 3.41. The minimum atomic E-state index is -1.75. The van der Waals surface area contributed by atoms with E-state index in [9.17, 15) is 4.79 Å². The summed E-state index contributed by atoms with van der Waals surface area (Å²) in [6.45, 7) is 4.92. The lowest BCUT2D eigenvalue weighted by molar-refractivity contribution is -0.121. The highest BCUT2D eigenvalue weighted by Crippen LogP contribution is 2.58. The SMILES string of the molecule is CC1=C(Cl)C(C)(C)C(Cl)(Cl)C(=O)C1(Cl)Cl. The highest BCUT2D eigenvalue weighted by molar-refractivity contribution is 6.71. The number of hydrogen-bond acceptors (Lipinski definition) is 1. The van der Waals surface area contributed by atoms with Crippen molar-refractivity contribution in [2.24, 2.45) is 5.41 Å². The molecule has 1 rings (SSSR count). The number of halogens is 5. The summed E-state index contributed by atoms with van der Waals surface area (Å²) in [6, 6.07) is 0. The van der Waals surface area contributed by atoms with Gasteiger partial charge in [-0.1, -0.05) is 71.9 Å². The van der Waals surface area contributed by atoms with E-state index in [0.29, 0.717) is 10.6 Å². The molecule has 86 valence electrons. The van der Waals surface area contributed by atoms with Crippen LogP contribution in [0.15, 0.2) is 10.6 Å². The standard InChI is InChI=1S/C9H9Cl5O/c1-4-5(10)7(2,3)9(13,14)6(15)8(4,11)12/h1-3H3. The Morgan fingerprint density at radius 1 is 1.07 bits per heavy atom. The van der Waals surface area contributed by atoms with Crippen LogP contribution in [0.2, 0.25) is 0 Å². The molecule has 0 aromatic rings. The van der Waals surface area contributed by atoms with Gasteiger partial charge >= 0.3 is 0 Å². The van der Waals surface area contributed by atoms with Gasteiger partial charge in [-0.3, -0.25) is 4.79 Å². The van der Waals surface area contributed by atoms with Crippen LogP contribution >= 0.6 is 58.0 Å². The zero-order valence-electron chi connectivity index (χ0n) is 8.30. The molecule has 0 aromatic carbocycles. The Balaban J connectivity index is 3.55. The Morgan fingerprint density at radius 2 is 1.47 bits per heavy atom. The number of allylic oxidation sites excluding steroid dienone is 2. The normalized spacial score (nSPS) is 28.1. The van der Waals surface area contributed by atoms with Gasteiger partial charge in [0.2, 0.25) is 10.1 Å². The van der Waals surface area contributed by atoms with Crippen LogP contribution in [0.4, 0.5) is 0 Å². The number of alkyl halides is 4. The summed E-state index contributed by atoms with van der Waals surface area (Å²) in [5.74, 6) is -0.659. The molecule has 0 radical (unpaired) electrons. The number of carbonyl (C=O) groups is 1. The second-order valence-electron chi connectivity index (χ2n) is 4.04. The van der Waals surface area contributed by atoms with E-state index in [0.717, 1.165) is 0 Å². The van der Waals surface area contributed by atoms with Crippen molar-refractivity contribution < 1.29 is 4.79 Å². The molecule has 15 heavy (non-hydrogen) atoms. The molecule has 0 aromatic heterocycles. The fourth-order valence-electron chi connectivity index (χ4n) is 1.40. The second kappa shape index (κ2) is 3.68. The molecule has 0 atom stereocenters. The van der Waals surface area contributed by atoms with Crippen LogP contribution in [0.25, 0.3) is 0 Å². The Bertz CT molecular complexity index is 354. The van der Waals surface area contributed by atoms with Crippen LogP contribution in [-0.4, -0.2) is 14.4 Å². The van der Waals surface area contributed by atoms with E-state index in [-0.39, 0.29) is 0 Å². The summed E-state index contributed by atoms with van der Waals surface area (Å²) >= 11 is 29.8. The number of carbonyl (C=O) groups excluding carboxylic acids is 1. The Labute approximate surface area is 114 Å². The van der Waals surface area contributed by atoms with E-state index in [2.05, 4.69) is 0 Å². The van der Waals surface area contributed by atoms with Crippen molar-refractivity contribution in [3.05, 3.63) is 10.6 Å². The molecule has 0 N–H and O–H groups in total. The summed E-state index contributed by atoms with van der Waals surface area (Å²) in [6.07, 6.45) is 0. The topological polar surface area (TPSA) is 17.1 Å². The van der Waals surface area contributed by atoms with E-state index in [1.54, 1.807) is 20.8 Å². The second-order valence-corrected chi connectivity index (χ2v) is 7.07. The maximum atomic E-state index is 11.9. The molecule has 0 saturated carbocycles. The van der Waals surface area contributed by atoms with Crippen molar-refractivity contribution in [1.29, 1.82) is 0 Å². The van der Waals surface area contributed by atoms with Crippen molar-refractivity contribution in [3.63, 3.8) is 0 Å². The third-order valence-electron chi connectivity index (χ3n) is 2.70. The molecule has 6 heteroatoms. The largest absolute Gasteiger partial charge is 0.292 e. The first-order valence-electron chi connectivity index (χ1n) is 4.15. The molecule has 0 heterocycles. The van der Waals surface area contributed by atoms with Gasteiger partial charge in [-0.25, -0.2) is 0 Å². The lowest BCUT2D eigenvalue weighted by Crippen LogP contribution is -2.54. The van der Waals surface area contributed by atoms with Gasteiger partial charge < -0.3 is 0 Å². The van der Waals surface area contributed by atoms with Crippen molar-refractivity contribution in [2.75, 3.05) is 0 Å². The number of Topliss-reactive ketones (excluding diaryl/α,β-unsaturated/α-hetero) is 1. The maximum absolute atomic E-state index is 11.9. The average molecular weight is 310 g/mol. The Hall–Kier alpha value is 0.860. The highest BCUT2D eigenvalue weighted by Gasteiger charge is 2.62. The smallest absolute Gasteiger partial charge is 0.209 e. The molecule has 0 unspecified atom stereocenters. The van der Waals surface area contributed by atoms with Gasteiger partial charge in [-0.2, -0.15) is 0 Å². The first kappa shape index (κ1) is 13.9. The minimum Gasteiger partial charge on any atom is -0.292 e. The van der Waals surface area contributed by atoms with Crippen LogP contribution in [0.3, 0.4) is 0 Å². The average Bonchev–Trinajstić information content (AvgIpc) is 2.12. The van der Waals surface area contributed by atoms with Crippen LogP contribution in [0, 0.1) is 5.41 Å². The summed E-state index contributed by atoms with van der Waals surface area (Å²) in [5, 5.41) is 0.317. The minimum absolute atomic E-state index is 0.317. The fraction of sp³-hybridized carbons (Fsp3) is 0.667. The molecule has 1 nitrogen and oxygen atoms in total. The van der Waals surface area contributed by atoms with Gasteiger partial charge in [0.15, 0.2) is 4.33 Å². The predicted octanol–water partition coefficient (Wildman–Crippen LogP) is 4.46. The van der Waals surface area contributed by atoms with Gasteiger partial charge in [0.25, 0.3) is 0 Å². The van der Waals surface area contributed by atoms with Gasteiger partial charge in [-0.05, 0) is 12.5 Å². The molecule has 1 aliphatic carbocycles. The van der Waals surface area contributed by atoms with E-state index in [1.807, 2.05) is 0 Å². The number of hydrogen-bond donors (Lipinski definition) is 0. The van der Waals surface area contributed by atoms with Crippen molar-refractivity contribution >= 4 is 63.8 Å². The summed E-state index contributed by atoms with van der Waals surface area (Å²) in [4.78, 5) is 11.9. The van der Waals surface area contributed by atoms with Gasteiger partial charge in [0.1, 0.15) is 0 Å². The van der Waals surface area contributed by atoms with Crippen molar-refractivity contribution in [3.8, 4) is 0 Å². The Morgan fingerprint density at radius 3 is 1.87 bits per heavy atom. The van der Waals surface area contributed by atoms with Crippen molar-refractivity contribution in [1.82, 2.24) is 0 Å². The molecule has 1 aliphatic rings. The van der Waals surface area contributed by atoms with Crippen LogP contribution in [0.1, 0.15) is 20.8 Å². The maximum Gasteiger partial charge on any atom is 0.209 e.